The topological polar surface area (TPSA) is 91.7 Å². The van der Waals surface area contributed by atoms with Gasteiger partial charge in [-0.25, -0.2) is 0 Å². The first kappa shape index (κ1) is 15.2. The van der Waals surface area contributed by atoms with Crippen LogP contribution in [0.3, 0.4) is 0 Å². The summed E-state index contributed by atoms with van der Waals surface area (Å²) in [5.74, 6) is -2.02. The number of phenols is 1. The Bertz CT molecular complexity index is 798. The lowest BCUT2D eigenvalue weighted by Crippen LogP contribution is -2.27. The van der Waals surface area contributed by atoms with Gasteiger partial charge in [0, 0.05) is 29.0 Å². The molecule has 2 aliphatic carbocycles. The number of aliphatic hydroxyl groups excluding tert-OH is 1. The summed E-state index contributed by atoms with van der Waals surface area (Å²) >= 11 is 0. The number of Topliss-reactive ketones (excluding diaryl/α,β-unsaturated/α-hetero) is 2. The highest BCUT2D eigenvalue weighted by atomic mass is 16.3. The van der Waals surface area contributed by atoms with E-state index in [0.717, 1.165) is 0 Å². The lowest BCUT2D eigenvalue weighted by Gasteiger charge is -2.28. The fraction of sp³-hybridized carbons (Fsp3) is 0.278. The standard InChI is InChI=1S/C18H16O5/c1-9(19)16-10(4-2-6-13(16)20)12-8-15(22)11-5-3-7-14(21)17(11)18(12)23/h3,5,7-8,10,20-21H,2,4,6H2,1H3. The number of ketones is 3. The van der Waals surface area contributed by atoms with E-state index in [1.807, 2.05) is 0 Å². The molecule has 0 saturated carbocycles. The molecule has 0 spiro atoms. The maximum Gasteiger partial charge on any atom is 0.194 e. The lowest BCUT2D eigenvalue weighted by molar-refractivity contribution is -0.114. The summed E-state index contributed by atoms with van der Waals surface area (Å²) < 4.78 is 0. The molecular weight excluding hydrogens is 296 g/mol. The van der Waals surface area contributed by atoms with E-state index in [4.69, 9.17) is 0 Å². The highest BCUT2D eigenvalue weighted by Crippen LogP contribution is 2.39. The van der Waals surface area contributed by atoms with Gasteiger partial charge in [-0.05, 0) is 31.9 Å². The number of carbonyl (C=O) groups is 3. The van der Waals surface area contributed by atoms with Crippen LogP contribution in [0.1, 0.15) is 46.9 Å². The third-order valence-corrected chi connectivity index (χ3v) is 4.40. The normalized spacial score (nSPS) is 21.1. The average Bonchev–Trinajstić information content (AvgIpc) is 2.50. The Morgan fingerprint density at radius 2 is 1.96 bits per heavy atom. The van der Waals surface area contributed by atoms with Crippen molar-refractivity contribution in [3.8, 4) is 5.75 Å². The number of phenolic OH excluding ortho intramolecular Hbond substituents is 1. The van der Waals surface area contributed by atoms with E-state index in [2.05, 4.69) is 0 Å². The summed E-state index contributed by atoms with van der Waals surface area (Å²) in [6.45, 7) is 1.34. The SMILES string of the molecule is CC(=O)C1=C(O)CCCC1C1=CC(=O)c2cccc(O)c2C1=O. The summed E-state index contributed by atoms with van der Waals surface area (Å²) in [5, 5.41) is 20.0. The van der Waals surface area contributed by atoms with Crippen molar-refractivity contribution >= 4 is 17.3 Å². The largest absolute Gasteiger partial charge is 0.512 e. The molecule has 0 radical (unpaired) electrons. The summed E-state index contributed by atoms with van der Waals surface area (Å²) in [7, 11) is 0. The molecule has 0 fully saturated rings. The molecule has 0 aliphatic heterocycles. The van der Waals surface area contributed by atoms with E-state index >= 15 is 0 Å². The van der Waals surface area contributed by atoms with Gasteiger partial charge >= 0.3 is 0 Å². The van der Waals surface area contributed by atoms with Crippen molar-refractivity contribution in [2.24, 2.45) is 5.92 Å². The van der Waals surface area contributed by atoms with Crippen LogP contribution in [0.5, 0.6) is 5.75 Å². The van der Waals surface area contributed by atoms with Crippen LogP contribution in [0.4, 0.5) is 0 Å². The van der Waals surface area contributed by atoms with E-state index in [9.17, 15) is 24.6 Å². The molecular formula is C18H16O5. The van der Waals surface area contributed by atoms with Crippen molar-refractivity contribution in [3.05, 3.63) is 52.3 Å². The summed E-state index contributed by atoms with van der Waals surface area (Å²) in [6.07, 6.45) is 2.76. The number of carbonyl (C=O) groups excluding carboxylic acids is 3. The van der Waals surface area contributed by atoms with Crippen molar-refractivity contribution in [3.63, 3.8) is 0 Å². The maximum absolute atomic E-state index is 12.8. The fourth-order valence-electron chi connectivity index (χ4n) is 3.39. The average molecular weight is 312 g/mol. The molecule has 1 atom stereocenters. The van der Waals surface area contributed by atoms with Crippen molar-refractivity contribution in [1.29, 1.82) is 0 Å². The van der Waals surface area contributed by atoms with Crippen molar-refractivity contribution in [1.82, 2.24) is 0 Å². The minimum absolute atomic E-state index is 0.0158. The molecule has 0 amide bonds. The summed E-state index contributed by atoms with van der Waals surface area (Å²) in [4.78, 5) is 36.9. The number of rotatable bonds is 2. The lowest BCUT2D eigenvalue weighted by atomic mass is 9.74. The molecule has 23 heavy (non-hydrogen) atoms. The molecule has 0 aromatic heterocycles. The fourth-order valence-corrected chi connectivity index (χ4v) is 3.39. The van der Waals surface area contributed by atoms with E-state index in [1.54, 1.807) is 0 Å². The summed E-state index contributed by atoms with van der Waals surface area (Å²) in [5.41, 5.74) is 0.498. The molecule has 3 rings (SSSR count). The molecule has 1 aromatic carbocycles. The zero-order chi connectivity index (χ0) is 16.7. The second-order valence-electron chi connectivity index (χ2n) is 5.85. The first-order valence-electron chi connectivity index (χ1n) is 7.47. The molecule has 0 bridgehead atoms. The number of allylic oxidation sites excluding steroid dienone is 4. The van der Waals surface area contributed by atoms with Crippen LogP contribution in [-0.4, -0.2) is 27.6 Å². The van der Waals surface area contributed by atoms with Crippen molar-refractivity contribution in [2.45, 2.75) is 26.2 Å². The van der Waals surface area contributed by atoms with Crippen LogP contribution in [0, 0.1) is 5.92 Å². The third kappa shape index (κ3) is 2.38. The Balaban J connectivity index is 2.13. The molecule has 0 saturated heterocycles. The van der Waals surface area contributed by atoms with Gasteiger partial charge in [-0.2, -0.15) is 0 Å². The van der Waals surface area contributed by atoms with Gasteiger partial charge in [-0.15, -0.1) is 0 Å². The predicted molar refractivity (Wildman–Crippen MR) is 82.5 cm³/mol. The molecule has 5 nitrogen and oxygen atoms in total. The van der Waals surface area contributed by atoms with E-state index < -0.39 is 11.7 Å². The Labute approximate surface area is 132 Å². The molecule has 5 heteroatoms. The zero-order valence-corrected chi connectivity index (χ0v) is 12.6. The van der Waals surface area contributed by atoms with Crippen LogP contribution in [0.25, 0.3) is 0 Å². The predicted octanol–water partition coefficient (Wildman–Crippen LogP) is 2.90. The monoisotopic (exact) mass is 312 g/mol. The van der Waals surface area contributed by atoms with Crippen LogP contribution in [0.2, 0.25) is 0 Å². The van der Waals surface area contributed by atoms with E-state index in [1.165, 1.54) is 31.2 Å². The molecule has 0 heterocycles. The zero-order valence-electron chi connectivity index (χ0n) is 12.6. The van der Waals surface area contributed by atoms with E-state index in [0.29, 0.717) is 19.3 Å². The molecule has 1 unspecified atom stereocenters. The van der Waals surface area contributed by atoms with Crippen LogP contribution in [0.15, 0.2) is 41.2 Å². The minimum atomic E-state index is -0.606. The van der Waals surface area contributed by atoms with Gasteiger partial charge in [0.15, 0.2) is 17.3 Å². The molecule has 2 N–H and O–H groups in total. The molecule has 2 aliphatic rings. The van der Waals surface area contributed by atoms with Crippen LogP contribution < -0.4 is 0 Å². The van der Waals surface area contributed by atoms with Gasteiger partial charge in [-0.3, -0.25) is 14.4 Å². The number of benzene rings is 1. The first-order chi connectivity index (χ1) is 10.9. The Kier molecular flexibility index (Phi) is 3.64. The number of aromatic hydroxyl groups is 1. The summed E-state index contributed by atoms with van der Waals surface area (Å²) in [6, 6.07) is 4.35. The minimum Gasteiger partial charge on any atom is -0.512 e. The first-order valence-corrected chi connectivity index (χ1v) is 7.47. The third-order valence-electron chi connectivity index (χ3n) is 4.40. The van der Waals surface area contributed by atoms with E-state index in [-0.39, 0.29) is 45.3 Å². The van der Waals surface area contributed by atoms with Gasteiger partial charge in [0.25, 0.3) is 0 Å². The number of hydrogen-bond acceptors (Lipinski definition) is 5. The maximum atomic E-state index is 12.8. The van der Waals surface area contributed by atoms with Gasteiger partial charge in [0.2, 0.25) is 0 Å². The van der Waals surface area contributed by atoms with Gasteiger partial charge in [-0.1, -0.05) is 12.1 Å². The highest BCUT2D eigenvalue weighted by Gasteiger charge is 2.37. The van der Waals surface area contributed by atoms with Gasteiger partial charge in [0.05, 0.1) is 11.3 Å². The second kappa shape index (κ2) is 5.50. The second-order valence-corrected chi connectivity index (χ2v) is 5.85. The smallest absolute Gasteiger partial charge is 0.194 e. The Hall–Kier alpha value is -2.69. The molecule has 118 valence electrons. The van der Waals surface area contributed by atoms with Crippen molar-refractivity contribution in [2.75, 3.05) is 0 Å². The number of fused-ring (bicyclic) bond motifs is 1. The number of aliphatic hydroxyl groups is 1. The molecule has 1 aromatic rings. The Morgan fingerprint density at radius 3 is 2.65 bits per heavy atom. The van der Waals surface area contributed by atoms with Crippen LogP contribution in [-0.2, 0) is 4.79 Å². The van der Waals surface area contributed by atoms with Crippen LogP contribution >= 0.6 is 0 Å². The van der Waals surface area contributed by atoms with Gasteiger partial charge in [0.1, 0.15) is 5.75 Å². The van der Waals surface area contributed by atoms with Gasteiger partial charge < -0.3 is 10.2 Å². The highest BCUT2D eigenvalue weighted by molar-refractivity contribution is 6.26. The van der Waals surface area contributed by atoms with Crippen molar-refractivity contribution < 1.29 is 24.6 Å². The number of hydrogen-bond donors (Lipinski definition) is 2. The quantitative estimate of drug-likeness (QED) is 0.876. The Morgan fingerprint density at radius 1 is 1.22 bits per heavy atom.